The number of ether oxygens (including phenoxy) is 3. The Morgan fingerprint density at radius 1 is 1.03 bits per heavy atom. The summed E-state index contributed by atoms with van der Waals surface area (Å²) in [6.45, 7) is 3.07. The maximum Gasteiger partial charge on any atom is 0.283 e. The van der Waals surface area contributed by atoms with Crippen LogP contribution in [0.1, 0.15) is 23.6 Å². The van der Waals surface area contributed by atoms with Crippen LogP contribution in [0.3, 0.4) is 0 Å². The SMILES string of the molecule is CC1(C#Cc2cc3c(cc2F)Oc2ccc(-c4cccnc4F)cc2[C@@]32COC(N)=N2)COC1. The summed E-state index contributed by atoms with van der Waals surface area (Å²) in [7, 11) is 0. The second-order valence-electron chi connectivity index (χ2n) is 8.89. The first kappa shape index (κ1) is 20.6. The molecular weight excluding hydrogens is 440 g/mol. The fourth-order valence-corrected chi connectivity index (χ4v) is 4.44. The van der Waals surface area contributed by atoms with Gasteiger partial charge in [-0.25, -0.2) is 14.4 Å². The molecule has 170 valence electrons. The van der Waals surface area contributed by atoms with Gasteiger partial charge < -0.3 is 19.9 Å². The van der Waals surface area contributed by atoms with Crippen LogP contribution in [-0.2, 0) is 15.0 Å². The van der Waals surface area contributed by atoms with Crippen LogP contribution in [0.5, 0.6) is 11.5 Å². The smallest absolute Gasteiger partial charge is 0.283 e. The Bertz CT molecular complexity index is 1440. The molecule has 4 heterocycles. The van der Waals surface area contributed by atoms with Crippen molar-refractivity contribution in [2.24, 2.45) is 16.1 Å². The molecule has 1 aromatic heterocycles. The number of fused-ring (bicyclic) bond motifs is 4. The first-order chi connectivity index (χ1) is 16.4. The van der Waals surface area contributed by atoms with Gasteiger partial charge in [-0.1, -0.05) is 17.9 Å². The molecule has 2 N–H and O–H groups in total. The third-order valence-electron chi connectivity index (χ3n) is 6.30. The topological polar surface area (TPSA) is 79.0 Å². The number of benzene rings is 2. The summed E-state index contributed by atoms with van der Waals surface area (Å²) in [6.07, 6.45) is 1.39. The summed E-state index contributed by atoms with van der Waals surface area (Å²) in [5.74, 6) is 5.73. The van der Waals surface area contributed by atoms with E-state index < -0.39 is 17.3 Å². The predicted octanol–water partition coefficient (Wildman–Crippen LogP) is 4.11. The molecule has 2 aromatic carbocycles. The molecule has 3 aromatic rings. The Morgan fingerprint density at radius 3 is 2.56 bits per heavy atom. The third kappa shape index (κ3) is 3.12. The van der Waals surface area contributed by atoms with Crippen LogP contribution in [0, 0.1) is 29.0 Å². The molecule has 0 unspecified atom stereocenters. The maximum absolute atomic E-state index is 15.0. The zero-order chi connectivity index (χ0) is 23.5. The number of pyridine rings is 1. The summed E-state index contributed by atoms with van der Waals surface area (Å²) in [5.41, 5.74) is 6.90. The average molecular weight is 459 g/mol. The van der Waals surface area contributed by atoms with Crippen molar-refractivity contribution in [2.75, 3.05) is 19.8 Å². The van der Waals surface area contributed by atoms with Crippen molar-refractivity contribution in [3.63, 3.8) is 0 Å². The van der Waals surface area contributed by atoms with Crippen molar-refractivity contribution < 1.29 is 23.0 Å². The Balaban J connectivity index is 1.52. The molecule has 0 saturated carbocycles. The van der Waals surface area contributed by atoms with E-state index in [1.807, 2.05) is 6.92 Å². The number of amidine groups is 1. The number of aromatic nitrogens is 1. The molecule has 0 aliphatic carbocycles. The second kappa shape index (κ2) is 7.27. The summed E-state index contributed by atoms with van der Waals surface area (Å²) in [5, 5.41) is 0. The predicted molar refractivity (Wildman–Crippen MR) is 120 cm³/mol. The molecule has 6 nitrogen and oxygen atoms in total. The van der Waals surface area contributed by atoms with E-state index in [1.54, 1.807) is 36.4 Å². The quantitative estimate of drug-likeness (QED) is 0.438. The van der Waals surface area contributed by atoms with Crippen molar-refractivity contribution in [3.8, 4) is 34.5 Å². The van der Waals surface area contributed by atoms with Gasteiger partial charge in [-0.15, -0.1) is 0 Å². The minimum Gasteiger partial charge on any atom is -0.462 e. The highest BCUT2D eigenvalue weighted by Gasteiger charge is 2.47. The van der Waals surface area contributed by atoms with Gasteiger partial charge >= 0.3 is 0 Å². The molecule has 0 amide bonds. The number of nitrogens with zero attached hydrogens (tertiary/aromatic N) is 2. The van der Waals surface area contributed by atoms with E-state index in [2.05, 4.69) is 21.8 Å². The molecule has 3 aliphatic heterocycles. The summed E-state index contributed by atoms with van der Waals surface area (Å²) in [6, 6.07) is 11.5. The lowest BCUT2D eigenvalue weighted by molar-refractivity contribution is -0.0648. The van der Waals surface area contributed by atoms with Crippen molar-refractivity contribution in [1.82, 2.24) is 4.98 Å². The molecule has 34 heavy (non-hydrogen) atoms. The van der Waals surface area contributed by atoms with Crippen LogP contribution in [0.2, 0.25) is 0 Å². The van der Waals surface area contributed by atoms with Gasteiger partial charge in [0.1, 0.15) is 23.9 Å². The van der Waals surface area contributed by atoms with Gasteiger partial charge in [0.15, 0.2) is 5.54 Å². The normalized spacial score (nSPS) is 21.2. The zero-order valence-electron chi connectivity index (χ0n) is 18.2. The van der Waals surface area contributed by atoms with E-state index in [1.165, 1.54) is 12.3 Å². The Morgan fingerprint density at radius 2 is 1.85 bits per heavy atom. The Hall–Kier alpha value is -3.96. The largest absolute Gasteiger partial charge is 0.462 e. The van der Waals surface area contributed by atoms with Gasteiger partial charge in [0.05, 0.1) is 24.2 Å². The summed E-state index contributed by atoms with van der Waals surface area (Å²) in [4.78, 5) is 8.36. The van der Waals surface area contributed by atoms with Crippen LogP contribution in [0.25, 0.3) is 11.1 Å². The molecule has 1 saturated heterocycles. The van der Waals surface area contributed by atoms with Crippen LogP contribution < -0.4 is 10.5 Å². The lowest BCUT2D eigenvalue weighted by atomic mass is 9.79. The lowest BCUT2D eigenvalue weighted by Gasteiger charge is -2.34. The first-order valence-electron chi connectivity index (χ1n) is 10.7. The second-order valence-corrected chi connectivity index (χ2v) is 8.89. The minimum absolute atomic E-state index is 0.00727. The molecule has 1 atom stereocenters. The average Bonchev–Trinajstić information content (AvgIpc) is 3.19. The monoisotopic (exact) mass is 459 g/mol. The summed E-state index contributed by atoms with van der Waals surface area (Å²) >= 11 is 0. The number of rotatable bonds is 1. The number of hydrogen-bond acceptors (Lipinski definition) is 6. The van der Waals surface area contributed by atoms with Gasteiger partial charge in [-0.05, 0) is 42.8 Å². The van der Waals surface area contributed by atoms with Gasteiger partial charge in [-0.2, -0.15) is 4.39 Å². The molecule has 1 spiro atoms. The molecule has 3 aliphatic rings. The fraction of sp³-hybridized carbons (Fsp3) is 0.231. The molecular formula is C26H19F2N3O3. The van der Waals surface area contributed by atoms with Crippen molar-refractivity contribution >= 4 is 6.02 Å². The van der Waals surface area contributed by atoms with Gasteiger partial charge in [-0.3, -0.25) is 0 Å². The highest BCUT2D eigenvalue weighted by molar-refractivity contribution is 5.78. The van der Waals surface area contributed by atoms with Gasteiger partial charge in [0.25, 0.3) is 6.02 Å². The number of hydrogen-bond donors (Lipinski definition) is 1. The van der Waals surface area contributed by atoms with Crippen LogP contribution >= 0.6 is 0 Å². The number of halogens is 2. The molecule has 6 rings (SSSR count). The Kier molecular flexibility index (Phi) is 4.41. The van der Waals surface area contributed by atoms with E-state index in [0.29, 0.717) is 47.0 Å². The van der Waals surface area contributed by atoms with Gasteiger partial charge in [0.2, 0.25) is 5.95 Å². The standard InChI is InChI=1S/C26H19F2N3O3/c1-25(12-32-13-25)7-6-16-10-19-22(11-20(16)27)34-21-5-4-15(17-3-2-8-30-23(17)28)9-18(21)26(19)14-33-24(29)31-26/h2-5,8-11H,12-14H2,1H3,(H2,29,31)/t26-/m0/s1. The van der Waals surface area contributed by atoms with E-state index >= 15 is 0 Å². The van der Waals surface area contributed by atoms with Gasteiger partial charge in [0, 0.05) is 29.0 Å². The van der Waals surface area contributed by atoms with E-state index in [-0.39, 0.29) is 23.6 Å². The first-order valence-corrected chi connectivity index (χ1v) is 10.7. The van der Waals surface area contributed by atoms with E-state index in [0.717, 1.165) is 0 Å². The van der Waals surface area contributed by atoms with E-state index in [4.69, 9.17) is 19.9 Å². The highest BCUT2D eigenvalue weighted by Crippen LogP contribution is 2.52. The third-order valence-corrected chi connectivity index (χ3v) is 6.30. The summed E-state index contributed by atoms with van der Waals surface area (Å²) < 4.78 is 46.3. The number of nitrogens with two attached hydrogens (primary N) is 1. The van der Waals surface area contributed by atoms with Crippen molar-refractivity contribution in [2.45, 2.75) is 12.5 Å². The number of aliphatic imine (C=N–C) groups is 1. The minimum atomic E-state index is -1.09. The molecule has 8 heteroatoms. The lowest BCUT2D eigenvalue weighted by Crippen LogP contribution is -2.38. The maximum atomic E-state index is 15.0. The van der Waals surface area contributed by atoms with Crippen LogP contribution in [-0.4, -0.2) is 30.8 Å². The zero-order valence-corrected chi connectivity index (χ0v) is 18.2. The highest BCUT2D eigenvalue weighted by atomic mass is 19.1. The Labute approximate surface area is 194 Å². The van der Waals surface area contributed by atoms with Crippen molar-refractivity contribution in [1.29, 1.82) is 0 Å². The van der Waals surface area contributed by atoms with Crippen LogP contribution in [0.4, 0.5) is 8.78 Å². The molecule has 0 bridgehead atoms. The fourth-order valence-electron chi connectivity index (χ4n) is 4.44. The van der Waals surface area contributed by atoms with E-state index in [9.17, 15) is 8.78 Å². The molecule has 0 radical (unpaired) electrons. The van der Waals surface area contributed by atoms with Crippen LogP contribution in [0.15, 0.2) is 53.7 Å². The molecule has 1 fully saturated rings. The van der Waals surface area contributed by atoms with Crippen molar-refractivity contribution in [3.05, 3.63) is 77.1 Å².